The molecule has 1 aliphatic heterocycles. The first kappa shape index (κ1) is 26.2. The number of likely N-dealkylation sites (tertiary alicyclic amines) is 1. The van der Waals surface area contributed by atoms with E-state index in [1.54, 1.807) is 24.3 Å². The zero-order valence-corrected chi connectivity index (χ0v) is 21.5. The van der Waals surface area contributed by atoms with E-state index in [4.69, 9.17) is 11.6 Å². The number of halogens is 5. The van der Waals surface area contributed by atoms with Gasteiger partial charge in [-0.1, -0.05) is 41.9 Å². The van der Waals surface area contributed by atoms with E-state index >= 15 is 0 Å². The van der Waals surface area contributed by atoms with Crippen LogP contribution in [0.5, 0.6) is 0 Å². The van der Waals surface area contributed by atoms with E-state index in [-0.39, 0.29) is 22.6 Å². The Morgan fingerprint density at radius 1 is 1.11 bits per heavy atom. The summed E-state index contributed by atoms with van der Waals surface area (Å²) in [4.78, 5) is 20.9. The summed E-state index contributed by atoms with van der Waals surface area (Å²) >= 11 is 6.52. The predicted molar refractivity (Wildman–Crippen MR) is 138 cm³/mol. The van der Waals surface area contributed by atoms with Gasteiger partial charge in [0.05, 0.1) is 5.56 Å². The van der Waals surface area contributed by atoms with Crippen molar-refractivity contribution in [2.24, 2.45) is 0 Å². The molecule has 0 bridgehead atoms. The third-order valence-electron chi connectivity index (χ3n) is 6.75. The second-order valence-electron chi connectivity index (χ2n) is 9.81. The molecule has 2 aromatic heterocycles. The van der Waals surface area contributed by atoms with Crippen LogP contribution in [0.1, 0.15) is 39.5 Å². The van der Waals surface area contributed by atoms with Gasteiger partial charge in [0, 0.05) is 31.7 Å². The smallest absolute Gasteiger partial charge is 0.337 e. The van der Waals surface area contributed by atoms with Gasteiger partial charge in [0.1, 0.15) is 11.0 Å². The van der Waals surface area contributed by atoms with Crippen molar-refractivity contribution in [1.29, 1.82) is 0 Å². The van der Waals surface area contributed by atoms with E-state index < -0.39 is 23.3 Å². The molecule has 0 spiro atoms. The summed E-state index contributed by atoms with van der Waals surface area (Å²) in [5.41, 5.74) is 1.11. The van der Waals surface area contributed by atoms with Gasteiger partial charge < -0.3 is 9.80 Å². The van der Waals surface area contributed by atoms with E-state index in [0.717, 1.165) is 21.6 Å². The lowest BCUT2D eigenvalue weighted by Crippen LogP contribution is -2.29. The molecule has 5 nitrogen and oxygen atoms in total. The minimum atomic E-state index is -4.71. The molecule has 0 aliphatic carbocycles. The standard InChI is InChI=1S/C28H25ClF4N4O/c1-35(2)14-17-4-3-5-19(12-17)21-13-23(28(31,32)33)26-34-24(25(29)37(26)16-21)27(38)36-11-10-20(15-36)18-6-8-22(30)9-7-18/h3-9,12-13,16,20H,10-11,14-15H2,1-2H3/t20-/m0/s1. The molecular weight excluding hydrogens is 520 g/mol. The summed E-state index contributed by atoms with van der Waals surface area (Å²) in [6, 6.07) is 14.4. The van der Waals surface area contributed by atoms with Crippen molar-refractivity contribution >= 4 is 23.2 Å². The van der Waals surface area contributed by atoms with Crippen LogP contribution < -0.4 is 0 Å². The van der Waals surface area contributed by atoms with Gasteiger partial charge in [0.25, 0.3) is 5.91 Å². The molecule has 1 saturated heterocycles. The quantitative estimate of drug-likeness (QED) is 0.269. The van der Waals surface area contributed by atoms with E-state index in [1.807, 2.05) is 31.1 Å². The van der Waals surface area contributed by atoms with Crippen molar-refractivity contribution in [2.45, 2.75) is 25.1 Å². The third kappa shape index (κ3) is 5.13. The number of nitrogens with zero attached hydrogens (tertiary/aromatic N) is 4. The maximum Gasteiger partial charge on any atom is 0.420 e. The van der Waals surface area contributed by atoms with Gasteiger partial charge in [-0.15, -0.1) is 0 Å². The number of aromatic nitrogens is 2. The lowest BCUT2D eigenvalue weighted by molar-refractivity contribution is -0.136. The Labute approximate surface area is 222 Å². The number of alkyl halides is 3. The topological polar surface area (TPSA) is 40.9 Å². The monoisotopic (exact) mass is 544 g/mol. The summed E-state index contributed by atoms with van der Waals surface area (Å²) in [6.45, 7) is 1.35. The summed E-state index contributed by atoms with van der Waals surface area (Å²) in [6.07, 6.45) is -2.59. The molecular formula is C28H25ClF4N4O. The number of fused-ring (bicyclic) bond motifs is 1. The summed E-state index contributed by atoms with van der Waals surface area (Å²) in [7, 11) is 3.82. The molecule has 2 aromatic carbocycles. The Balaban J connectivity index is 1.52. The van der Waals surface area contributed by atoms with Crippen molar-refractivity contribution in [3.63, 3.8) is 0 Å². The van der Waals surface area contributed by atoms with Crippen LogP contribution >= 0.6 is 11.6 Å². The predicted octanol–water partition coefficient (Wildman–Crippen LogP) is 6.50. The molecule has 0 radical (unpaired) electrons. The zero-order valence-electron chi connectivity index (χ0n) is 20.8. The second-order valence-corrected chi connectivity index (χ2v) is 10.2. The molecule has 5 rings (SSSR count). The van der Waals surface area contributed by atoms with Crippen LogP contribution in [0.3, 0.4) is 0 Å². The number of carbonyl (C=O) groups excluding carboxylic acids is 1. The fourth-order valence-electron chi connectivity index (χ4n) is 4.94. The number of rotatable bonds is 5. The highest BCUT2D eigenvalue weighted by Crippen LogP contribution is 2.38. The summed E-state index contributed by atoms with van der Waals surface area (Å²) < 4.78 is 56.9. The highest BCUT2D eigenvalue weighted by Gasteiger charge is 2.37. The first-order valence-electron chi connectivity index (χ1n) is 12.1. The molecule has 1 aliphatic rings. The molecule has 38 heavy (non-hydrogen) atoms. The molecule has 3 heterocycles. The fraction of sp³-hybridized carbons (Fsp3) is 0.286. The Kier molecular flexibility index (Phi) is 6.92. The van der Waals surface area contributed by atoms with Crippen LogP contribution in [0.15, 0.2) is 60.8 Å². The van der Waals surface area contributed by atoms with Crippen molar-refractivity contribution < 1.29 is 22.4 Å². The van der Waals surface area contributed by atoms with Crippen molar-refractivity contribution in [3.8, 4) is 11.1 Å². The highest BCUT2D eigenvalue weighted by molar-refractivity contribution is 6.33. The van der Waals surface area contributed by atoms with Gasteiger partial charge in [-0.25, -0.2) is 9.37 Å². The van der Waals surface area contributed by atoms with Crippen molar-refractivity contribution in [1.82, 2.24) is 19.2 Å². The maximum absolute atomic E-state index is 14.2. The Bertz CT molecular complexity index is 1500. The van der Waals surface area contributed by atoms with Gasteiger partial charge in [0.2, 0.25) is 0 Å². The van der Waals surface area contributed by atoms with Crippen molar-refractivity contribution in [2.75, 3.05) is 27.2 Å². The fourth-order valence-corrected chi connectivity index (χ4v) is 5.19. The molecule has 1 amide bonds. The van der Waals surface area contributed by atoms with Gasteiger partial charge in [-0.3, -0.25) is 9.20 Å². The number of amides is 1. The maximum atomic E-state index is 14.2. The Morgan fingerprint density at radius 3 is 2.53 bits per heavy atom. The van der Waals surface area contributed by atoms with E-state index in [2.05, 4.69) is 4.98 Å². The lowest BCUT2D eigenvalue weighted by atomic mass is 9.99. The Hall–Kier alpha value is -3.43. The van der Waals surface area contributed by atoms with Gasteiger partial charge in [-0.2, -0.15) is 13.2 Å². The minimum absolute atomic E-state index is 0.0119. The van der Waals surface area contributed by atoms with E-state index in [9.17, 15) is 22.4 Å². The molecule has 4 aromatic rings. The van der Waals surface area contributed by atoms with Gasteiger partial charge >= 0.3 is 6.18 Å². The normalized spacial score (nSPS) is 16.1. The molecule has 0 unspecified atom stereocenters. The lowest BCUT2D eigenvalue weighted by Gasteiger charge is -2.15. The van der Waals surface area contributed by atoms with E-state index in [0.29, 0.717) is 37.2 Å². The van der Waals surface area contributed by atoms with Crippen LogP contribution in [0, 0.1) is 5.82 Å². The number of hydrogen-bond acceptors (Lipinski definition) is 3. The molecule has 198 valence electrons. The van der Waals surface area contributed by atoms with Crippen LogP contribution in [-0.2, 0) is 12.7 Å². The highest BCUT2D eigenvalue weighted by atomic mass is 35.5. The number of pyridine rings is 1. The van der Waals surface area contributed by atoms with Crippen LogP contribution in [-0.4, -0.2) is 52.3 Å². The largest absolute Gasteiger partial charge is 0.420 e. The second kappa shape index (κ2) is 10.0. The molecule has 0 saturated carbocycles. The summed E-state index contributed by atoms with van der Waals surface area (Å²) in [5.74, 6) is -0.895. The zero-order chi connectivity index (χ0) is 27.2. The van der Waals surface area contributed by atoms with Crippen LogP contribution in [0.25, 0.3) is 16.8 Å². The molecule has 1 fully saturated rings. The number of hydrogen-bond donors (Lipinski definition) is 0. The number of carbonyl (C=O) groups is 1. The molecule has 1 atom stereocenters. The Morgan fingerprint density at radius 2 is 1.84 bits per heavy atom. The first-order chi connectivity index (χ1) is 18.0. The number of imidazole rings is 1. The average Bonchev–Trinajstić information content (AvgIpc) is 3.48. The minimum Gasteiger partial charge on any atom is -0.337 e. The first-order valence-corrected chi connectivity index (χ1v) is 12.5. The molecule has 10 heteroatoms. The van der Waals surface area contributed by atoms with Crippen LogP contribution in [0.4, 0.5) is 17.6 Å². The SMILES string of the molecule is CN(C)Cc1cccc(-c2cc(C(F)(F)F)c3nc(C(=O)N4CC[C@H](c5ccc(F)cc5)C4)c(Cl)n3c2)c1. The van der Waals surface area contributed by atoms with Crippen molar-refractivity contribution in [3.05, 3.63) is 94.1 Å². The van der Waals surface area contributed by atoms with Gasteiger partial charge in [-0.05, 0) is 67.0 Å². The average molecular weight is 545 g/mol. The van der Waals surface area contributed by atoms with Gasteiger partial charge in [0.15, 0.2) is 11.3 Å². The molecule has 0 N–H and O–H groups in total. The van der Waals surface area contributed by atoms with Crippen LogP contribution in [0.2, 0.25) is 5.15 Å². The van der Waals surface area contributed by atoms with E-state index in [1.165, 1.54) is 23.2 Å². The third-order valence-corrected chi connectivity index (χ3v) is 7.11. The summed E-state index contributed by atoms with van der Waals surface area (Å²) in [5, 5.41) is -0.174. The number of benzene rings is 2.